The van der Waals surface area contributed by atoms with Gasteiger partial charge in [0.25, 0.3) is 5.91 Å². The molecule has 0 spiro atoms. The Labute approximate surface area is 93.2 Å². The van der Waals surface area contributed by atoms with Crippen LogP contribution in [0, 0.1) is 0 Å². The number of amides is 1. The Balaban J connectivity index is 1.84. The molecule has 86 valence electrons. The number of piperidine rings is 1. The fraction of sp³-hybridized carbons (Fsp3) is 0.700. The number of rotatable bonds is 1. The lowest BCUT2D eigenvalue weighted by molar-refractivity contribution is 0.0569. The molecule has 1 aromatic rings. The van der Waals surface area contributed by atoms with Crippen LogP contribution in [0.5, 0.6) is 0 Å². The summed E-state index contributed by atoms with van der Waals surface area (Å²) in [6.45, 7) is 0. The third kappa shape index (κ3) is 1.41. The van der Waals surface area contributed by atoms with Gasteiger partial charge < -0.3 is 10.6 Å². The second-order valence-electron chi connectivity index (χ2n) is 4.68. The molecule has 3 rings (SSSR count). The van der Waals surface area contributed by atoms with Crippen molar-refractivity contribution in [1.29, 1.82) is 0 Å². The molecule has 2 saturated heterocycles. The predicted molar refractivity (Wildman–Crippen MR) is 56.6 cm³/mol. The number of aromatic nitrogens is 3. The summed E-state index contributed by atoms with van der Waals surface area (Å²) >= 11 is 0. The normalized spacial score (nSPS) is 33.1. The molecule has 2 aliphatic heterocycles. The lowest BCUT2D eigenvalue weighted by Gasteiger charge is -2.37. The van der Waals surface area contributed by atoms with E-state index in [4.69, 9.17) is 5.73 Å². The summed E-state index contributed by atoms with van der Waals surface area (Å²) in [4.78, 5) is 14.2. The highest BCUT2D eigenvalue weighted by Crippen LogP contribution is 2.35. The lowest BCUT2D eigenvalue weighted by Crippen LogP contribution is -2.50. The number of nitrogens with zero attached hydrogens (tertiary/aromatic N) is 3. The highest BCUT2D eigenvalue weighted by atomic mass is 16.2. The quantitative estimate of drug-likeness (QED) is 0.693. The van der Waals surface area contributed by atoms with Crippen LogP contribution in [0.4, 0.5) is 0 Å². The minimum absolute atomic E-state index is 0.00634. The van der Waals surface area contributed by atoms with Crippen LogP contribution in [0.3, 0.4) is 0 Å². The van der Waals surface area contributed by atoms with Gasteiger partial charge in [0, 0.05) is 18.1 Å². The lowest BCUT2D eigenvalue weighted by atomic mass is 9.98. The van der Waals surface area contributed by atoms with Crippen molar-refractivity contribution in [2.45, 2.75) is 43.8 Å². The first-order chi connectivity index (χ1) is 7.75. The van der Waals surface area contributed by atoms with E-state index in [-0.39, 0.29) is 11.9 Å². The maximum atomic E-state index is 12.2. The van der Waals surface area contributed by atoms with E-state index < -0.39 is 0 Å². The summed E-state index contributed by atoms with van der Waals surface area (Å²) < 4.78 is 0. The van der Waals surface area contributed by atoms with Crippen LogP contribution in [-0.4, -0.2) is 44.3 Å². The second kappa shape index (κ2) is 3.55. The molecule has 6 nitrogen and oxygen atoms in total. The third-order valence-electron chi connectivity index (χ3n) is 3.64. The zero-order valence-corrected chi connectivity index (χ0v) is 8.97. The summed E-state index contributed by atoms with van der Waals surface area (Å²) in [5.74, 6) is -0.00634. The van der Waals surface area contributed by atoms with E-state index in [0.29, 0.717) is 17.8 Å². The maximum absolute atomic E-state index is 12.2. The molecule has 2 unspecified atom stereocenters. The van der Waals surface area contributed by atoms with E-state index >= 15 is 0 Å². The number of H-pyrrole nitrogens is 1. The SMILES string of the molecule is NC1CC2CCC(C1)N2C(=O)c1cn[nH]n1. The van der Waals surface area contributed by atoms with Crippen molar-refractivity contribution in [2.75, 3.05) is 0 Å². The minimum atomic E-state index is -0.00634. The zero-order valence-electron chi connectivity index (χ0n) is 8.97. The Morgan fingerprint density at radius 1 is 1.44 bits per heavy atom. The molecule has 1 amide bonds. The molecular weight excluding hydrogens is 206 g/mol. The molecule has 0 aliphatic carbocycles. The number of carbonyl (C=O) groups excluding carboxylic acids is 1. The van der Waals surface area contributed by atoms with Crippen LogP contribution in [0.15, 0.2) is 6.20 Å². The molecule has 2 fully saturated rings. The van der Waals surface area contributed by atoms with E-state index in [1.165, 1.54) is 6.20 Å². The van der Waals surface area contributed by atoms with Crippen molar-refractivity contribution in [1.82, 2.24) is 20.3 Å². The smallest absolute Gasteiger partial charge is 0.276 e. The van der Waals surface area contributed by atoms with Crippen molar-refractivity contribution < 1.29 is 4.79 Å². The molecule has 0 aromatic carbocycles. The highest BCUT2D eigenvalue weighted by Gasteiger charge is 2.42. The molecular formula is C10H15N5O. The van der Waals surface area contributed by atoms with Gasteiger partial charge >= 0.3 is 0 Å². The van der Waals surface area contributed by atoms with E-state index in [0.717, 1.165) is 25.7 Å². The molecule has 0 saturated carbocycles. The van der Waals surface area contributed by atoms with E-state index in [2.05, 4.69) is 15.4 Å². The summed E-state index contributed by atoms with van der Waals surface area (Å²) in [6, 6.07) is 0.856. The van der Waals surface area contributed by atoms with Gasteiger partial charge in [-0.15, -0.1) is 0 Å². The largest absolute Gasteiger partial charge is 0.331 e. The Bertz CT molecular complexity index is 376. The number of nitrogens with two attached hydrogens (primary N) is 1. The number of fused-ring (bicyclic) bond motifs is 2. The number of hydrogen-bond acceptors (Lipinski definition) is 4. The fourth-order valence-corrected chi connectivity index (χ4v) is 2.99. The second-order valence-corrected chi connectivity index (χ2v) is 4.68. The maximum Gasteiger partial charge on any atom is 0.276 e. The van der Waals surface area contributed by atoms with Gasteiger partial charge in [-0.3, -0.25) is 4.79 Å². The summed E-state index contributed by atoms with van der Waals surface area (Å²) in [7, 11) is 0. The molecule has 6 heteroatoms. The van der Waals surface area contributed by atoms with Gasteiger partial charge in [0.15, 0.2) is 5.69 Å². The molecule has 2 atom stereocenters. The van der Waals surface area contributed by atoms with Gasteiger partial charge in [0.05, 0.1) is 6.20 Å². The van der Waals surface area contributed by atoms with Gasteiger partial charge in [-0.1, -0.05) is 0 Å². The monoisotopic (exact) mass is 221 g/mol. The Hall–Kier alpha value is -1.43. The number of hydrogen-bond donors (Lipinski definition) is 2. The van der Waals surface area contributed by atoms with Crippen LogP contribution < -0.4 is 5.73 Å². The fourth-order valence-electron chi connectivity index (χ4n) is 2.99. The molecule has 16 heavy (non-hydrogen) atoms. The van der Waals surface area contributed by atoms with Crippen molar-refractivity contribution >= 4 is 5.91 Å². The molecule has 0 radical (unpaired) electrons. The molecule has 2 aliphatic rings. The zero-order chi connectivity index (χ0) is 11.1. The first-order valence-electron chi connectivity index (χ1n) is 5.69. The van der Waals surface area contributed by atoms with Crippen molar-refractivity contribution in [3.8, 4) is 0 Å². The van der Waals surface area contributed by atoms with Crippen LogP contribution >= 0.6 is 0 Å². The standard InChI is InChI=1S/C10H15N5O/c11-6-3-7-1-2-8(4-6)15(7)10(16)9-5-12-14-13-9/h5-8H,1-4,11H2,(H,12,13,14). The topological polar surface area (TPSA) is 87.9 Å². The van der Waals surface area contributed by atoms with E-state index in [1.54, 1.807) is 0 Å². The Morgan fingerprint density at radius 3 is 2.69 bits per heavy atom. The minimum Gasteiger partial charge on any atom is -0.331 e. The van der Waals surface area contributed by atoms with Crippen molar-refractivity contribution in [2.24, 2.45) is 5.73 Å². The van der Waals surface area contributed by atoms with Crippen LogP contribution in [-0.2, 0) is 0 Å². The summed E-state index contributed by atoms with van der Waals surface area (Å²) in [5.41, 5.74) is 6.37. The van der Waals surface area contributed by atoms with Crippen LogP contribution in [0.2, 0.25) is 0 Å². The highest BCUT2D eigenvalue weighted by molar-refractivity contribution is 5.92. The van der Waals surface area contributed by atoms with Crippen LogP contribution in [0.25, 0.3) is 0 Å². The molecule has 1 aromatic heterocycles. The summed E-state index contributed by atoms with van der Waals surface area (Å²) in [6.07, 6.45) is 5.46. The van der Waals surface area contributed by atoms with Gasteiger partial charge in [0.1, 0.15) is 0 Å². The van der Waals surface area contributed by atoms with Gasteiger partial charge in [0.2, 0.25) is 0 Å². The number of nitrogens with one attached hydrogen (secondary N) is 1. The van der Waals surface area contributed by atoms with Crippen LogP contribution in [0.1, 0.15) is 36.2 Å². The third-order valence-corrected chi connectivity index (χ3v) is 3.64. The van der Waals surface area contributed by atoms with Crippen molar-refractivity contribution in [3.05, 3.63) is 11.9 Å². The Morgan fingerprint density at radius 2 is 2.12 bits per heavy atom. The average molecular weight is 221 g/mol. The van der Waals surface area contributed by atoms with Gasteiger partial charge in [-0.25, -0.2) is 0 Å². The first kappa shape index (κ1) is 9.77. The summed E-state index contributed by atoms with van der Waals surface area (Å²) in [5, 5.41) is 10.0. The number of carbonyl (C=O) groups is 1. The number of aromatic amines is 1. The first-order valence-corrected chi connectivity index (χ1v) is 5.69. The van der Waals surface area contributed by atoms with E-state index in [9.17, 15) is 4.79 Å². The Kier molecular flexibility index (Phi) is 2.17. The van der Waals surface area contributed by atoms with Gasteiger partial charge in [-0.2, -0.15) is 15.4 Å². The molecule has 2 bridgehead atoms. The van der Waals surface area contributed by atoms with E-state index in [1.807, 2.05) is 4.90 Å². The van der Waals surface area contributed by atoms with Crippen molar-refractivity contribution in [3.63, 3.8) is 0 Å². The van der Waals surface area contributed by atoms with Gasteiger partial charge in [-0.05, 0) is 25.7 Å². The molecule has 3 heterocycles. The average Bonchev–Trinajstić information content (AvgIpc) is 2.85. The predicted octanol–water partition coefficient (Wildman–Crippen LogP) is -0.101. The molecule has 3 N–H and O–H groups in total.